The highest BCUT2D eigenvalue weighted by Gasteiger charge is 2.30. The molecule has 0 saturated carbocycles. The van der Waals surface area contributed by atoms with Gasteiger partial charge in [0.2, 0.25) is 0 Å². The Hall–Kier alpha value is -1.10. The molecule has 4 nitrogen and oxygen atoms in total. The van der Waals surface area contributed by atoms with E-state index in [1.807, 2.05) is 38.1 Å². The third-order valence-electron chi connectivity index (χ3n) is 3.58. The van der Waals surface area contributed by atoms with Gasteiger partial charge in [0.05, 0.1) is 19.8 Å². The van der Waals surface area contributed by atoms with E-state index >= 15 is 0 Å². The first kappa shape index (κ1) is 14.3. The molecule has 2 rings (SSSR count). The molecule has 1 saturated heterocycles. The van der Waals surface area contributed by atoms with Crippen LogP contribution in [0.25, 0.3) is 0 Å². The predicted molar refractivity (Wildman–Crippen MR) is 73.6 cm³/mol. The summed E-state index contributed by atoms with van der Waals surface area (Å²) in [6.07, 6.45) is 0. The highest BCUT2D eigenvalue weighted by molar-refractivity contribution is 5.30. The Bertz CT molecular complexity index is 383. The zero-order chi connectivity index (χ0) is 13.7. The second-order valence-corrected chi connectivity index (χ2v) is 5.27. The fourth-order valence-corrected chi connectivity index (χ4v) is 2.50. The van der Waals surface area contributed by atoms with Crippen LogP contribution in [0.4, 0.5) is 0 Å². The number of hydrogen-bond donors (Lipinski definition) is 2. The summed E-state index contributed by atoms with van der Waals surface area (Å²) in [5, 5.41) is 10.7. The zero-order valence-corrected chi connectivity index (χ0v) is 11.8. The third kappa shape index (κ3) is 3.93. The fraction of sp³-hybridized carbons (Fsp3) is 0.600. The molecule has 2 N–H and O–H groups in total. The third-order valence-corrected chi connectivity index (χ3v) is 3.58. The molecule has 1 atom stereocenters. The van der Waals surface area contributed by atoms with E-state index in [0.29, 0.717) is 13.2 Å². The SMILES string of the molecule is CCOc1ccc([C@@](C)(O)C[NH+]2CCOCC2)cc1. The molecule has 19 heavy (non-hydrogen) atoms. The number of morpholine rings is 1. The van der Waals surface area contributed by atoms with Gasteiger partial charge in [-0.15, -0.1) is 0 Å². The maximum Gasteiger partial charge on any atom is 0.135 e. The lowest BCUT2D eigenvalue weighted by Gasteiger charge is -2.31. The lowest BCUT2D eigenvalue weighted by Crippen LogP contribution is -3.15. The average Bonchev–Trinajstić information content (AvgIpc) is 2.40. The van der Waals surface area contributed by atoms with Crippen LogP contribution in [0.3, 0.4) is 0 Å². The predicted octanol–water partition coefficient (Wildman–Crippen LogP) is 0.208. The van der Waals surface area contributed by atoms with Crippen LogP contribution in [0.15, 0.2) is 24.3 Å². The van der Waals surface area contributed by atoms with Crippen LogP contribution in [0.5, 0.6) is 5.75 Å². The lowest BCUT2D eigenvalue weighted by atomic mass is 9.95. The van der Waals surface area contributed by atoms with Crippen LogP contribution < -0.4 is 9.64 Å². The number of hydrogen-bond acceptors (Lipinski definition) is 3. The molecular weight excluding hydrogens is 242 g/mol. The van der Waals surface area contributed by atoms with E-state index < -0.39 is 5.60 Å². The van der Waals surface area contributed by atoms with Crippen molar-refractivity contribution in [2.45, 2.75) is 19.4 Å². The summed E-state index contributed by atoms with van der Waals surface area (Å²) in [7, 11) is 0. The summed E-state index contributed by atoms with van der Waals surface area (Å²) in [5.74, 6) is 0.848. The Morgan fingerprint density at radius 2 is 1.89 bits per heavy atom. The normalized spacial score (nSPS) is 19.9. The van der Waals surface area contributed by atoms with Gasteiger partial charge in [0.15, 0.2) is 0 Å². The minimum absolute atomic E-state index is 0.660. The Labute approximate surface area is 114 Å². The molecule has 1 aromatic rings. The van der Waals surface area contributed by atoms with Crippen molar-refractivity contribution >= 4 is 0 Å². The van der Waals surface area contributed by atoms with Crippen LogP contribution in [0.2, 0.25) is 0 Å². The monoisotopic (exact) mass is 266 g/mol. The quantitative estimate of drug-likeness (QED) is 0.800. The number of rotatable bonds is 5. The van der Waals surface area contributed by atoms with Crippen molar-refractivity contribution in [3.63, 3.8) is 0 Å². The van der Waals surface area contributed by atoms with Crippen molar-refractivity contribution in [3.05, 3.63) is 29.8 Å². The van der Waals surface area contributed by atoms with E-state index in [1.165, 1.54) is 4.90 Å². The van der Waals surface area contributed by atoms with Crippen LogP contribution in [-0.2, 0) is 10.3 Å². The van der Waals surface area contributed by atoms with Gasteiger partial charge in [0.25, 0.3) is 0 Å². The van der Waals surface area contributed by atoms with E-state index in [2.05, 4.69) is 0 Å². The molecule has 0 amide bonds. The molecule has 1 aromatic carbocycles. The van der Waals surface area contributed by atoms with Crippen molar-refractivity contribution in [1.29, 1.82) is 0 Å². The van der Waals surface area contributed by atoms with E-state index in [9.17, 15) is 5.11 Å². The molecule has 1 aliphatic rings. The van der Waals surface area contributed by atoms with Crippen LogP contribution in [-0.4, -0.2) is 44.6 Å². The average molecular weight is 266 g/mol. The van der Waals surface area contributed by atoms with Gasteiger partial charge < -0.3 is 19.5 Å². The molecule has 0 aromatic heterocycles. The van der Waals surface area contributed by atoms with Crippen molar-refractivity contribution < 1.29 is 19.5 Å². The maximum atomic E-state index is 10.7. The smallest absolute Gasteiger partial charge is 0.135 e. The maximum absolute atomic E-state index is 10.7. The number of aliphatic hydroxyl groups is 1. The molecule has 0 unspecified atom stereocenters. The second kappa shape index (κ2) is 6.37. The van der Waals surface area contributed by atoms with Crippen molar-refractivity contribution in [2.24, 2.45) is 0 Å². The molecule has 1 aliphatic heterocycles. The summed E-state index contributed by atoms with van der Waals surface area (Å²) in [6, 6.07) is 7.74. The minimum Gasteiger partial charge on any atom is -0.494 e. The first-order valence-electron chi connectivity index (χ1n) is 6.99. The van der Waals surface area contributed by atoms with Gasteiger partial charge in [0, 0.05) is 0 Å². The summed E-state index contributed by atoms with van der Waals surface area (Å²) in [5.41, 5.74) is 0.132. The van der Waals surface area contributed by atoms with Gasteiger partial charge in [-0.2, -0.15) is 0 Å². The molecule has 4 heteroatoms. The van der Waals surface area contributed by atoms with Gasteiger partial charge in [-0.1, -0.05) is 12.1 Å². The van der Waals surface area contributed by atoms with Gasteiger partial charge >= 0.3 is 0 Å². The van der Waals surface area contributed by atoms with E-state index in [4.69, 9.17) is 9.47 Å². The summed E-state index contributed by atoms with van der Waals surface area (Å²) in [4.78, 5) is 1.39. The molecule has 0 bridgehead atoms. The highest BCUT2D eigenvalue weighted by Crippen LogP contribution is 2.22. The molecule has 1 heterocycles. The number of nitrogens with one attached hydrogen (secondary N) is 1. The molecule has 0 radical (unpaired) electrons. The van der Waals surface area contributed by atoms with Gasteiger partial charge in [-0.3, -0.25) is 0 Å². The van der Waals surface area contributed by atoms with E-state index in [0.717, 1.165) is 37.6 Å². The van der Waals surface area contributed by atoms with E-state index in [1.54, 1.807) is 0 Å². The molecule has 106 valence electrons. The number of quaternary nitrogens is 1. The molecule has 0 aliphatic carbocycles. The number of benzene rings is 1. The Morgan fingerprint density at radius 3 is 2.47 bits per heavy atom. The Kier molecular flexibility index (Phi) is 4.80. The first-order chi connectivity index (χ1) is 9.12. The Morgan fingerprint density at radius 1 is 1.26 bits per heavy atom. The lowest BCUT2D eigenvalue weighted by molar-refractivity contribution is -0.915. The van der Waals surface area contributed by atoms with Crippen LogP contribution in [0, 0.1) is 0 Å². The standard InChI is InChI=1S/C15H23NO3/c1-3-19-14-6-4-13(5-7-14)15(2,17)12-16-8-10-18-11-9-16/h4-7,17H,3,8-12H2,1-2H3/p+1/t15-/m0/s1. The van der Waals surface area contributed by atoms with Crippen molar-refractivity contribution in [3.8, 4) is 5.75 Å². The van der Waals surface area contributed by atoms with Gasteiger partial charge in [0.1, 0.15) is 31.0 Å². The van der Waals surface area contributed by atoms with Crippen molar-refractivity contribution in [2.75, 3.05) is 39.5 Å². The first-order valence-corrected chi connectivity index (χ1v) is 6.99. The largest absolute Gasteiger partial charge is 0.494 e. The fourth-order valence-electron chi connectivity index (χ4n) is 2.50. The highest BCUT2D eigenvalue weighted by atomic mass is 16.5. The van der Waals surface area contributed by atoms with Gasteiger partial charge in [-0.05, 0) is 31.5 Å². The van der Waals surface area contributed by atoms with Crippen molar-refractivity contribution in [1.82, 2.24) is 0 Å². The Balaban J connectivity index is 2.00. The second-order valence-electron chi connectivity index (χ2n) is 5.27. The molecular formula is C15H24NO3+. The van der Waals surface area contributed by atoms with E-state index in [-0.39, 0.29) is 0 Å². The molecule has 0 spiro atoms. The minimum atomic E-state index is -0.808. The summed E-state index contributed by atoms with van der Waals surface area (Å²) < 4.78 is 10.8. The number of ether oxygens (including phenoxy) is 2. The summed E-state index contributed by atoms with van der Waals surface area (Å²) >= 11 is 0. The topological polar surface area (TPSA) is 43.1 Å². The molecule has 1 fully saturated rings. The van der Waals surface area contributed by atoms with Gasteiger partial charge in [-0.25, -0.2) is 0 Å². The van der Waals surface area contributed by atoms with Crippen LogP contribution in [0.1, 0.15) is 19.4 Å². The summed E-state index contributed by atoms with van der Waals surface area (Å²) in [6.45, 7) is 8.72. The van der Waals surface area contributed by atoms with Crippen LogP contribution >= 0.6 is 0 Å². The zero-order valence-electron chi connectivity index (χ0n) is 11.8.